The zero-order chi connectivity index (χ0) is 15.4. The third-order valence-electron chi connectivity index (χ3n) is 3.56. The van der Waals surface area contributed by atoms with Crippen LogP contribution in [0.25, 0.3) is 0 Å². The Morgan fingerprint density at radius 3 is 2.52 bits per heavy atom. The molecule has 0 unspecified atom stereocenters. The molecule has 0 aliphatic carbocycles. The lowest BCUT2D eigenvalue weighted by atomic mass is 10.1. The summed E-state index contributed by atoms with van der Waals surface area (Å²) in [5, 5.41) is 2.73. The topological polar surface area (TPSA) is 55.1 Å². The second-order valence-corrected chi connectivity index (χ2v) is 5.11. The minimum atomic E-state index is -0.349. The van der Waals surface area contributed by atoms with Crippen LogP contribution in [0.5, 0.6) is 0 Å². The van der Waals surface area contributed by atoms with E-state index in [1.54, 1.807) is 18.2 Å². The Balaban J connectivity index is 2.05. The van der Waals surface area contributed by atoms with Crippen LogP contribution in [-0.2, 0) is 13.1 Å². The summed E-state index contributed by atoms with van der Waals surface area (Å²) >= 11 is 0. The molecule has 0 radical (unpaired) electrons. The van der Waals surface area contributed by atoms with Crippen LogP contribution < -0.4 is 11.1 Å². The largest absolute Gasteiger partial charge is 0.348 e. The van der Waals surface area contributed by atoms with Gasteiger partial charge in [-0.25, -0.2) is 4.39 Å². The van der Waals surface area contributed by atoms with Gasteiger partial charge in [-0.3, -0.25) is 4.79 Å². The van der Waals surface area contributed by atoms with E-state index in [9.17, 15) is 9.18 Å². The van der Waals surface area contributed by atoms with Crippen LogP contribution in [0.1, 0.15) is 32.6 Å². The van der Waals surface area contributed by atoms with Crippen molar-refractivity contribution in [1.29, 1.82) is 0 Å². The molecule has 0 aliphatic heterocycles. The summed E-state index contributed by atoms with van der Waals surface area (Å²) in [7, 11) is 0. The van der Waals surface area contributed by atoms with E-state index in [-0.39, 0.29) is 18.3 Å². The second-order valence-electron chi connectivity index (χ2n) is 5.11. The van der Waals surface area contributed by atoms with Crippen molar-refractivity contribution in [3.63, 3.8) is 0 Å². The Hall–Kier alpha value is -2.20. The molecule has 0 fully saturated rings. The quantitative estimate of drug-likeness (QED) is 0.908. The van der Waals surface area contributed by atoms with E-state index in [0.717, 1.165) is 16.7 Å². The molecule has 0 bridgehead atoms. The number of benzene rings is 2. The molecule has 3 N–H and O–H groups in total. The summed E-state index contributed by atoms with van der Waals surface area (Å²) in [6, 6.07) is 10.3. The summed E-state index contributed by atoms with van der Waals surface area (Å²) in [6.07, 6.45) is 0. The summed E-state index contributed by atoms with van der Waals surface area (Å²) in [4.78, 5) is 12.1. The Bertz CT molecular complexity index is 668. The smallest absolute Gasteiger partial charge is 0.251 e. The van der Waals surface area contributed by atoms with Gasteiger partial charge in [-0.1, -0.05) is 18.2 Å². The number of hydrogen-bond acceptors (Lipinski definition) is 2. The SMILES string of the molecule is Cc1ccc(C(=O)NCc2ccc(CN)cc2F)cc1C. The van der Waals surface area contributed by atoms with Crippen LogP contribution in [0.15, 0.2) is 36.4 Å². The molecule has 0 aliphatic rings. The van der Waals surface area contributed by atoms with Crippen LogP contribution in [0.4, 0.5) is 4.39 Å². The van der Waals surface area contributed by atoms with Crippen molar-refractivity contribution in [2.45, 2.75) is 26.9 Å². The van der Waals surface area contributed by atoms with E-state index in [2.05, 4.69) is 5.32 Å². The lowest BCUT2D eigenvalue weighted by Gasteiger charge is -2.09. The summed E-state index contributed by atoms with van der Waals surface area (Å²) < 4.78 is 13.8. The first-order chi connectivity index (χ1) is 10.0. The van der Waals surface area contributed by atoms with Crippen molar-refractivity contribution in [2.24, 2.45) is 5.73 Å². The minimum Gasteiger partial charge on any atom is -0.348 e. The van der Waals surface area contributed by atoms with Gasteiger partial charge in [0.05, 0.1) is 0 Å². The molecule has 0 aromatic heterocycles. The highest BCUT2D eigenvalue weighted by molar-refractivity contribution is 5.94. The van der Waals surface area contributed by atoms with E-state index in [4.69, 9.17) is 5.73 Å². The average Bonchev–Trinajstić information content (AvgIpc) is 2.48. The summed E-state index contributed by atoms with van der Waals surface area (Å²) in [6.45, 7) is 4.40. The van der Waals surface area contributed by atoms with Gasteiger partial charge in [0.2, 0.25) is 0 Å². The van der Waals surface area contributed by atoms with E-state index in [0.29, 0.717) is 17.7 Å². The predicted octanol–water partition coefficient (Wildman–Crippen LogP) is 2.83. The maximum absolute atomic E-state index is 13.8. The molecule has 2 aromatic carbocycles. The van der Waals surface area contributed by atoms with Gasteiger partial charge >= 0.3 is 0 Å². The molecule has 0 atom stereocenters. The Morgan fingerprint density at radius 1 is 1.14 bits per heavy atom. The molecule has 110 valence electrons. The molecule has 0 saturated heterocycles. The number of nitrogens with two attached hydrogens (primary N) is 1. The van der Waals surface area contributed by atoms with Crippen molar-refractivity contribution in [1.82, 2.24) is 5.32 Å². The van der Waals surface area contributed by atoms with Gasteiger partial charge in [0.25, 0.3) is 5.91 Å². The molecule has 21 heavy (non-hydrogen) atoms. The van der Waals surface area contributed by atoms with Crippen molar-refractivity contribution < 1.29 is 9.18 Å². The van der Waals surface area contributed by atoms with Gasteiger partial charge in [-0.05, 0) is 48.7 Å². The molecule has 1 amide bonds. The Kier molecular flexibility index (Phi) is 4.70. The monoisotopic (exact) mass is 286 g/mol. The van der Waals surface area contributed by atoms with Crippen LogP contribution in [-0.4, -0.2) is 5.91 Å². The van der Waals surface area contributed by atoms with E-state index in [1.807, 2.05) is 26.0 Å². The number of carbonyl (C=O) groups excluding carboxylic acids is 1. The number of rotatable bonds is 4. The highest BCUT2D eigenvalue weighted by Gasteiger charge is 2.08. The molecule has 2 aromatic rings. The van der Waals surface area contributed by atoms with Crippen molar-refractivity contribution >= 4 is 5.91 Å². The molecule has 2 rings (SSSR count). The van der Waals surface area contributed by atoms with Gasteiger partial charge in [-0.2, -0.15) is 0 Å². The first-order valence-corrected chi connectivity index (χ1v) is 6.84. The molecule has 0 heterocycles. The fraction of sp³-hybridized carbons (Fsp3) is 0.235. The molecular weight excluding hydrogens is 267 g/mol. The third kappa shape index (κ3) is 3.67. The van der Waals surface area contributed by atoms with Gasteiger partial charge in [-0.15, -0.1) is 0 Å². The van der Waals surface area contributed by atoms with E-state index < -0.39 is 0 Å². The molecule has 0 saturated carbocycles. The highest BCUT2D eigenvalue weighted by atomic mass is 19.1. The van der Waals surface area contributed by atoms with Gasteiger partial charge in [0.1, 0.15) is 5.82 Å². The minimum absolute atomic E-state index is 0.155. The number of aryl methyl sites for hydroxylation is 2. The first-order valence-electron chi connectivity index (χ1n) is 6.84. The number of carbonyl (C=O) groups is 1. The van der Waals surface area contributed by atoms with Crippen LogP contribution in [0.3, 0.4) is 0 Å². The average molecular weight is 286 g/mol. The highest BCUT2D eigenvalue weighted by Crippen LogP contribution is 2.12. The Morgan fingerprint density at radius 2 is 1.90 bits per heavy atom. The first kappa shape index (κ1) is 15.2. The maximum Gasteiger partial charge on any atom is 0.251 e. The van der Waals surface area contributed by atoms with Crippen LogP contribution >= 0.6 is 0 Å². The predicted molar refractivity (Wildman–Crippen MR) is 81.4 cm³/mol. The maximum atomic E-state index is 13.8. The normalized spacial score (nSPS) is 10.5. The van der Waals surface area contributed by atoms with E-state index >= 15 is 0 Å². The standard InChI is InChI=1S/C17H19FN2O/c1-11-3-5-14(7-12(11)2)17(21)20-10-15-6-4-13(9-19)8-16(15)18/h3-8H,9-10,19H2,1-2H3,(H,20,21). The fourth-order valence-electron chi connectivity index (χ4n) is 2.02. The number of halogens is 1. The number of hydrogen-bond donors (Lipinski definition) is 2. The molecule has 0 spiro atoms. The third-order valence-corrected chi connectivity index (χ3v) is 3.56. The van der Waals surface area contributed by atoms with E-state index in [1.165, 1.54) is 6.07 Å². The molecular formula is C17H19FN2O. The lowest BCUT2D eigenvalue weighted by molar-refractivity contribution is 0.0950. The lowest BCUT2D eigenvalue weighted by Crippen LogP contribution is -2.23. The fourth-order valence-corrected chi connectivity index (χ4v) is 2.02. The van der Waals surface area contributed by atoms with Crippen molar-refractivity contribution in [3.05, 3.63) is 70.0 Å². The van der Waals surface area contributed by atoms with Gasteiger partial charge in [0, 0.05) is 24.2 Å². The van der Waals surface area contributed by atoms with Crippen molar-refractivity contribution in [3.8, 4) is 0 Å². The van der Waals surface area contributed by atoms with Crippen LogP contribution in [0, 0.1) is 19.7 Å². The second kappa shape index (κ2) is 6.50. The molecule has 3 nitrogen and oxygen atoms in total. The zero-order valence-electron chi connectivity index (χ0n) is 12.2. The summed E-state index contributed by atoms with van der Waals surface area (Å²) in [5.41, 5.74) is 9.41. The van der Waals surface area contributed by atoms with Crippen molar-refractivity contribution in [2.75, 3.05) is 0 Å². The van der Waals surface area contributed by atoms with Crippen LogP contribution in [0.2, 0.25) is 0 Å². The summed E-state index contributed by atoms with van der Waals surface area (Å²) in [5.74, 6) is -0.557. The Labute approximate surface area is 124 Å². The number of amides is 1. The zero-order valence-corrected chi connectivity index (χ0v) is 12.2. The van der Waals surface area contributed by atoms with Gasteiger partial charge < -0.3 is 11.1 Å². The number of nitrogens with one attached hydrogen (secondary N) is 1. The van der Waals surface area contributed by atoms with Gasteiger partial charge in [0.15, 0.2) is 0 Å². The molecule has 4 heteroatoms.